The third-order valence-corrected chi connectivity index (χ3v) is 4.51. The van der Waals surface area contributed by atoms with Crippen LogP contribution in [0.4, 0.5) is 0 Å². The molecule has 2 N–H and O–H groups in total. The number of aryl methyl sites for hydroxylation is 1. The van der Waals surface area contributed by atoms with E-state index in [0.29, 0.717) is 30.8 Å². The van der Waals surface area contributed by atoms with Crippen molar-refractivity contribution in [1.29, 1.82) is 5.26 Å². The van der Waals surface area contributed by atoms with Gasteiger partial charge >= 0.3 is 0 Å². The van der Waals surface area contributed by atoms with Crippen LogP contribution in [-0.2, 0) is 6.54 Å². The minimum absolute atomic E-state index is 0.0711. The molecule has 2 heterocycles. The molecule has 3 rings (SSSR count). The van der Waals surface area contributed by atoms with Crippen LogP contribution in [0.25, 0.3) is 0 Å². The van der Waals surface area contributed by atoms with Crippen LogP contribution in [-0.4, -0.2) is 41.1 Å². The van der Waals surface area contributed by atoms with Gasteiger partial charge in [-0.05, 0) is 18.9 Å². The van der Waals surface area contributed by atoms with Crippen LogP contribution in [0.5, 0.6) is 0 Å². The number of hydrogen-bond donors (Lipinski definition) is 2. The summed E-state index contributed by atoms with van der Waals surface area (Å²) in [5, 5.41) is 21.8. The Labute approximate surface area is 146 Å². The molecule has 0 bridgehead atoms. The van der Waals surface area contributed by atoms with E-state index in [-0.39, 0.29) is 23.8 Å². The summed E-state index contributed by atoms with van der Waals surface area (Å²) < 4.78 is 5.20. The van der Waals surface area contributed by atoms with Gasteiger partial charge in [0.2, 0.25) is 5.76 Å². The third kappa shape index (κ3) is 4.08. The van der Waals surface area contributed by atoms with E-state index in [2.05, 4.69) is 22.3 Å². The molecule has 2 atom stereocenters. The van der Waals surface area contributed by atoms with Gasteiger partial charge < -0.3 is 14.8 Å². The molecule has 130 valence electrons. The Morgan fingerprint density at radius 1 is 1.44 bits per heavy atom. The van der Waals surface area contributed by atoms with E-state index in [9.17, 15) is 9.90 Å². The molecule has 0 spiro atoms. The molecule has 1 saturated heterocycles. The van der Waals surface area contributed by atoms with Crippen molar-refractivity contribution in [2.75, 3.05) is 13.1 Å². The fraction of sp³-hybridized carbons (Fsp3) is 0.368. The highest BCUT2D eigenvalue weighted by Gasteiger charge is 2.31. The zero-order valence-electron chi connectivity index (χ0n) is 14.1. The Bertz CT molecular complexity index is 779. The number of likely N-dealkylation sites (tertiary alicyclic amines) is 1. The second-order valence-corrected chi connectivity index (χ2v) is 6.36. The minimum Gasteiger partial charge on any atom is -0.450 e. The summed E-state index contributed by atoms with van der Waals surface area (Å²) in [7, 11) is 0. The van der Waals surface area contributed by atoms with E-state index in [1.807, 2.05) is 24.3 Å². The van der Waals surface area contributed by atoms with Crippen molar-refractivity contribution in [3.8, 4) is 6.07 Å². The number of nitrogens with one attached hydrogen (secondary N) is 1. The number of nitrogens with zero attached hydrogens (tertiary/aromatic N) is 2. The van der Waals surface area contributed by atoms with Crippen LogP contribution >= 0.6 is 0 Å². The predicted molar refractivity (Wildman–Crippen MR) is 91.8 cm³/mol. The summed E-state index contributed by atoms with van der Waals surface area (Å²) in [5.74, 6) is 0.301. The summed E-state index contributed by atoms with van der Waals surface area (Å²) in [6.07, 6.45) is 0.243. The van der Waals surface area contributed by atoms with Crippen molar-refractivity contribution in [2.45, 2.75) is 32.0 Å². The van der Waals surface area contributed by atoms with Crippen molar-refractivity contribution in [1.82, 2.24) is 10.2 Å². The van der Waals surface area contributed by atoms with Crippen LogP contribution in [0.2, 0.25) is 0 Å². The summed E-state index contributed by atoms with van der Waals surface area (Å²) in [6.45, 7) is 3.44. The first-order chi connectivity index (χ1) is 12.1. The smallest absolute Gasteiger partial charge is 0.254 e. The zero-order chi connectivity index (χ0) is 17.8. The maximum absolute atomic E-state index is 12.3. The summed E-state index contributed by atoms with van der Waals surface area (Å²) in [5.41, 5.74) is 1.56. The molecule has 2 unspecified atom stereocenters. The average molecular weight is 339 g/mol. The topological polar surface area (TPSA) is 89.5 Å². The molecular formula is C19H21N3O3. The minimum atomic E-state index is -0.383. The Kier molecular flexibility index (Phi) is 5.17. The van der Waals surface area contributed by atoms with E-state index in [1.54, 1.807) is 6.92 Å². The number of aliphatic hydroxyl groups is 1. The Morgan fingerprint density at radius 2 is 2.20 bits per heavy atom. The van der Waals surface area contributed by atoms with E-state index < -0.39 is 0 Å². The number of aliphatic hydroxyl groups excluding tert-OH is 1. The van der Waals surface area contributed by atoms with E-state index in [1.165, 1.54) is 11.6 Å². The van der Waals surface area contributed by atoms with Crippen molar-refractivity contribution >= 4 is 5.91 Å². The summed E-state index contributed by atoms with van der Waals surface area (Å²) >= 11 is 0. The Morgan fingerprint density at radius 3 is 2.88 bits per heavy atom. The number of nitriles is 1. The van der Waals surface area contributed by atoms with Gasteiger partial charge in [-0.15, -0.1) is 0 Å². The molecule has 25 heavy (non-hydrogen) atoms. The summed E-state index contributed by atoms with van der Waals surface area (Å²) in [6, 6.07) is 13.5. The second-order valence-electron chi connectivity index (χ2n) is 6.36. The van der Waals surface area contributed by atoms with Crippen LogP contribution in [0.15, 0.2) is 40.8 Å². The first-order valence-electron chi connectivity index (χ1n) is 8.31. The summed E-state index contributed by atoms with van der Waals surface area (Å²) in [4.78, 5) is 14.5. The lowest BCUT2D eigenvalue weighted by Gasteiger charge is -2.24. The molecule has 1 aliphatic heterocycles. The SMILES string of the molecule is Cc1oc(C#N)cc1C(=O)NCC1CC(O)CN1Cc1ccccc1. The van der Waals surface area contributed by atoms with Gasteiger partial charge in [0.15, 0.2) is 0 Å². The number of benzene rings is 1. The number of amides is 1. The van der Waals surface area contributed by atoms with Crippen molar-refractivity contribution < 1.29 is 14.3 Å². The molecule has 1 aliphatic rings. The van der Waals surface area contributed by atoms with Crippen LogP contribution < -0.4 is 5.32 Å². The number of rotatable bonds is 5. The number of β-amino-alcohol motifs (C(OH)–C–C–N with tert-alkyl or cyclic N) is 1. The number of carbonyl (C=O) groups excluding carboxylic acids is 1. The van der Waals surface area contributed by atoms with Crippen molar-refractivity contribution in [3.05, 3.63) is 59.0 Å². The first-order valence-corrected chi connectivity index (χ1v) is 8.31. The van der Waals surface area contributed by atoms with Gasteiger partial charge in [0, 0.05) is 31.7 Å². The van der Waals surface area contributed by atoms with Crippen LogP contribution in [0.3, 0.4) is 0 Å². The van der Waals surface area contributed by atoms with Crippen LogP contribution in [0.1, 0.15) is 33.9 Å². The maximum Gasteiger partial charge on any atom is 0.254 e. The van der Waals surface area contributed by atoms with Crippen LogP contribution in [0, 0.1) is 18.3 Å². The molecule has 6 heteroatoms. The molecule has 1 amide bonds. The molecule has 6 nitrogen and oxygen atoms in total. The number of carbonyl (C=O) groups is 1. The molecule has 1 fully saturated rings. The quantitative estimate of drug-likeness (QED) is 0.867. The van der Waals surface area contributed by atoms with E-state index in [0.717, 1.165) is 6.54 Å². The molecule has 0 radical (unpaired) electrons. The van der Waals surface area contributed by atoms with Gasteiger partial charge in [0.05, 0.1) is 11.7 Å². The average Bonchev–Trinajstić information content (AvgIpc) is 3.16. The van der Waals surface area contributed by atoms with Gasteiger partial charge in [0.1, 0.15) is 11.8 Å². The zero-order valence-corrected chi connectivity index (χ0v) is 14.1. The normalized spacial score (nSPS) is 20.4. The largest absolute Gasteiger partial charge is 0.450 e. The lowest BCUT2D eigenvalue weighted by Crippen LogP contribution is -2.39. The standard InChI is InChI=1S/C19H21N3O3/c1-13-18(8-17(9-20)25-13)19(24)21-10-15-7-16(23)12-22(15)11-14-5-3-2-4-6-14/h2-6,8,15-16,23H,7,10-12H2,1H3,(H,21,24). The molecular weight excluding hydrogens is 318 g/mol. The molecule has 2 aromatic rings. The van der Waals surface area contributed by atoms with Gasteiger partial charge in [-0.2, -0.15) is 5.26 Å². The van der Waals surface area contributed by atoms with Gasteiger partial charge in [-0.25, -0.2) is 0 Å². The molecule has 0 saturated carbocycles. The van der Waals surface area contributed by atoms with E-state index >= 15 is 0 Å². The number of hydrogen-bond acceptors (Lipinski definition) is 5. The Hall–Kier alpha value is -2.62. The molecule has 0 aliphatic carbocycles. The highest BCUT2D eigenvalue weighted by Crippen LogP contribution is 2.20. The van der Waals surface area contributed by atoms with Crippen molar-refractivity contribution in [3.63, 3.8) is 0 Å². The van der Waals surface area contributed by atoms with Crippen molar-refractivity contribution in [2.24, 2.45) is 0 Å². The predicted octanol–water partition coefficient (Wildman–Crippen LogP) is 1.82. The Balaban J connectivity index is 1.61. The maximum atomic E-state index is 12.3. The lowest BCUT2D eigenvalue weighted by atomic mass is 10.1. The molecule has 1 aromatic carbocycles. The fourth-order valence-electron chi connectivity index (χ4n) is 3.25. The third-order valence-electron chi connectivity index (χ3n) is 4.51. The van der Waals surface area contributed by atoms with Gasteiger partial charge in [-0.3, -0.25) is 9.69 Å². The highest BCUT2D eigenvalue weighted by molar-refractivity contribution is 5.95. The fourth-order valence-corrected chi connectivity index (χ4v) is 3.25. The monoisotopic (exact) mass is 339 g/mol. The van der Waals surface area contributed by atoms with E-state index in [4.69, 9.17) is 9.68 Å². The molecule has 1 aromatic heterocycles. The first kappa shape index (κ1) is 17.2. The lowest BCUT2D eigenvalue weighted by molar-refractivity contribution is 0.0938. The van der Waals surface area contributed by atoms with Gasteiger partial charge in [-0.1, -0.05) is 30.3 Å². The highest BCUT2D eigenvalue weighted by atomic mass is 16.3. The number of furan rings is 1. The second kappa shape index (κ2) is 7.51. The van der Waals surface area contributed by atoms with Gasteiger partial charge in [0.25, 0.3) is 5.91 Å².